The molecule has 0 aliphatic rings. The van der Waals surface area contributed by atoms with Gasteiger partial charge in [-0.3, -0.25) is 4.79 Å². The van der Waals surface area contributed by atoms with Crippen LogP contribution in [0.25, 0.3) is 0 Å². The van der Waals surface area contributed by atoms with Gasteiger partial charge < -0.3 is 14.9 Å². The van der Waals surface area contributed by atoms with E-state index in [0.717, 1.165) is 12.0 Å². The van der Waals surface area contributed by atoms with E-state index in [-0.39, 0.29) is 23.9 Å². The summed E-state index contributed by atoms with van der Waals surface area (Å²) >= 11 is 0. The summed E-state index contributed by atoms with van der Waals surface area (Å²) in [6, 6.07) is 9.58. The van der Waals surface area contributed by atoms with Crippen molar-refractivity contribution in [3.05, 3.63) is 59.3 Å². The van der Waals surface area contributed by atoms with Gasteiger partial charge in [-0.1, -0.05) is 19.1 Å². The lowest BCUT2D eigenvalue weighted by Gasteiger charge is -2.32. The first-order valence-corrected chi connectivity index (χ1v) is 9.06. The molecule has 2 N–H and O–H groups in total. The fraction of sp³-hybridized carbons (Fsp3) is 0.429. The lowest BCUT2D eigenvalue weighted by atomic mass is 9.84. The lowest BCUT2D eigenvalue weighted by Crippen LogP contribution is -2.38. The van der Waals surface area contributed by atoms with Crippen molar-refractivity contribution in [1.82, 2.24) is 0 Å². The number of furan rings is 1. The summed E-state index contributed by atoms with van der Waals surface area (Å²) in [7, 11) is 0. The standard InChI is InChI=1S/C21H26FNO4/c1-4-15(21(2,3)27-20(23)25)7-11-18(24)19-12-10-17(26-19)13-14-5-8-16(22)9-6-14/h5-6,8-10,12,15H,4,7,11,13H2,1-3H3,(H2,23,25). The van der Waals surface area contributed by atoms with Crippen LogP contribution >= 0.6 is 0 Å². The predicted octanol–water partition coefficient (Wildman–Crippen LogP) is 4.87. The number of hydrogen-bond donors (Lipinski definition) is 1. The van der Waals surface area contributed by atoms with Crippen LogP contribution in [0.15, 0.2) is 40.8 Å². The minimum absolute atomic E-state index is 0.00241. The fourth-order valence-corrected chi connectivity index (χ4v) is 3.24. The molecule has 6 heteroatoms. The third kappa shape index (κ3) is 5.94. The molecule has 1 amide bonds. The zero-order valence-corrected chi connectivity index (χ0v) is 16.0. The number of carbonyl (C=O) groups is 2. The molecular weight excluding hydrogens is 349 g/mol. The van der Waals surface area contributed by atoms with Gasteiger partial charge >= 0.3 is 6.09 Å². The lowest BCUT2D eigenvalue weighted by molar-refractivity contribution is -0.00586. The number of Topliss-reactive ketones (excluding diaryl/α,β-unsaturated/α-hetero) is 1. The van der Waals surface area contributed by atoms with E-state index in [2.05, 4.69) is 0 Å². The normalized spacial score (nSPS) is 12.6. The van der Waals surface area contributed by atoms with Gasteiger partial charge in [0.25, 0.3) is 0 Å². The van der Waals surface area contributed by atoms with Crippen LogP contribution in [0.2, 0.25) is 0 Å². The summed E-state index contributed by atoms with van der Waals surface area (Å²) in [5.74, 6) is 0.559. The molecule has 27 heavy (non-hydrogen) atoms. The van der Waals surface area contributed by atoms with E-state index in [4.69, 9.17) is 14.9 Å². The molecule has 0 saturated heterocycles. The van der Waals surface area contributed by atoms with Gasteiger partial charge in [0.1, 0.15) is 17.2 Å². The second-order valence-corrected chi connectivity index (χ2v) is 7.16. The Labute approximate surface area is 158 Å². The highest BCUT2D eigenvalue weighted by Gasteiger charge is 2.32. The first-order valence-electron chi connectivity index (χ1n) is 9.06. The van der Waals surface area contributed by atoms with Crippen LogP contribution in [-0.4, -0.2) is 17.5 Å². The second kappa shape index (κ2) is 8.84. The third-order valence-corrected chi connectivity index (χ3v) is 4.79. The van der Waals surface area contributed by atoms with Crippen LogP contribution in [0.5, 0.6) is 0 Å². The summed E-state index contributed by atoms with van der Waals surface area (Å²) in [4.78, 5) is 23.5. The van der Waals surface area contributed by atoms with Gasteiger partial charge in [0.15, 0.2) is 11.5 Å². The Hall–Kier alpha value is -2.63. The van der Waals surface area contributed by atoms with Crippen molar-refractivity contribution in [2.24, 2.45) is 11.7 Å². The van der Waals surface area contributed by atoms with Crippen LogP contribution in [-0.2, 0) is 11.2 Å². The Bertz CT molecular complexity index is 780. The van der Waals surface area contributed by atoms with Gasteiger partial charge in [0, 0.05) is 12.8 Å². The molecule has 1 heterocycles. The fourth-order valence-electron chi connectivity index (χ4n) is 3.24. The molecule has 0 bridgehead atoms. The molecular formula is C21H26FNO4. The van der Waals surface area contributed by atoms with Gasteiger partial charge in [-0.05, 0) is 62.4 Å². The molecule has 0 spiro atoms. The highest BCUT2D eigenvalue weighted by molar-refractivity contribution is 5.93. The van der Waals surface area contributed by atoms with Gasteiger partial charge in [-0.2, -0.15) is 0 Å². The Morgan fingerprint density at radius 1 is 1.19 bits per heavy atom. The van der Waals surface area contributed by atoms with E-state index < -0.39 is 11.7 Å². The minimum atomic E-state index is -0.818. The average molecular weight is 375 g/mol. The summed E-state index contributed by atoms with van der Waals surface area (Å²) in [5.41, 5.74) is 5.29. The van der Waals surface area contributed by atoms with Crippen molar-refractivity contribution in [3.8, 4) is 0 Å². The number of hydrogen-bond acceptors (Lipinski definition) is 4. The topological polar surface area (TPSA) is 82.5 Å². The molecule has 5 nitrogen and oxygen atoms in total. The average Bonchev–Trinajstić information content (AvgIpc) is 3.04. The highest BCUT2D eigenvalue weighted by Crippen LogP contribution is 2.29. The molecule has 1 aromatic heterocycles. The molecule has 146 valence electrons. The number of ketones is 1. The van der Waals surface area contributed by atoms with Gasteiger partial charge in [-0.25, -0.2) is 9.18 Å². The molecule has 1 unspecified atom stereocenters. The van der Waals surface area contributed by atoms with Crippen LogP contribution in [0.1, 0.15) is 61.9 Å². The van der Waals surface area contributed by atoms with E-state index in [1.165, 1.54) is 12.1 Å². The van der Waals surface area contributed by atoms with E-state index in [1.807, 2.05) is 6.92 Å². The maximum atomic E-state index is 13.0. The summed E-state index contributed by atoms with van der Waals surface area (Å²) in [6.45, 7) is 5.57. The second-order valence-electron chi connectivity index (χ2n) is 7.16. The molecule has 2 aromatic rings. The predicted molar refractivity (Wildman–Crippen MR) is 100 cm³/mol. The number of carbonyl (C=O) groups excluding carboxylic acids is 2. The Morgan fingerprint density at radius 3 is 2.44 bits per heavy atom. The summed E-state index contributed by atoms with van der Waals surface area (Å²) in [5, 5.41) is 0. The quantitative estimate of drug-likeness (QED) is 0.634. The number of amides is 1. The van der Waals surface area contributed by atoms with Crippen molar-refractivity contribution < 1.29 is 23.1 Å². The molecule has 1 aromatic carbocycles. The van der Waals surface area contributed by atoms with E-state index in [9.17, 15) is 14.0 Å². The number of halogens is 1. The number of rotatable bonds is 9. The smallest absolute Gasteiger partial charge is 0.405 e. The Kier molecular flexibility index (Phi) is 6.77. The Morgan fingerprint density at radius 2 is 1.85 bits per heavy atom. The van der Waals surface area contributed by atoms with Crippen LogP contribution in [0, 0.1) is 11.7 Å². The molecule has 0 aliphatic carbocycles. The van der Waals surface area contributed by atoms with Crippen molar-refractivity contribution in [1.29, 1.82) is 0 Å². The molecule has 0 radical (unpaired) electrons. The Balaban J connectivity index is 1.95. The maximum absolute atomic E-state index is 13.0. The largest absolute Gasteiger partial charge is 0.458 e. The molecule has 0 aliphatic heterocycles. The number of ether oxygens (including phenoxy) is 1. The first kappa shape index (κ1) is 20.7. The molecule has 0 saturated carbocycles. The van der Waals surface area contributed by atoms with Gasteiger partial charge in [0.05, 0.1) is 0 Å². The van der Waals surface area contributed by atoms with Crippen LogP contribution in [0.3, 0.4) is 0 Å². The minimum Gasteiger partial charge on any atom is -0.458 e. The summed E-state index contributed by atoms with van der Waals surface area (Å²) < 4.78 is 23.8. The van der Waals surface area contributed by atoms with Crippen LogP contribution < -0.4 is 5.73 Å². The monoisotopic (exact) mass is 375 g/mol. The van der Waals surface area contributed by atoms with Crippen molar-refractivity contribution in [2.75, 3.05) is 0 Å². The molecule has 2 rings (SSSR count). The third-order valence-electron chi connectivity index (χ3n) is 4.79. The number of primary amides is 1. The van der Waals surface area contributed by atoms with Crippen LogP contribution in [0.4, 0.5) is 9.18 Å². The first-order chi connectivity index (χ1) is 12.7. The van der Waals surface area contributed by atoms with E-state index in [1.54, 1.807) is 38.1 Å². The van der Waals surface area contributed by atoms with Gasteiger partial charge in [0.2, 0.25) is 0 Å². The SMILES string of the molecule is CCC(CCC(=O)c1ccc(Cc2ccc(F)cc2)o1)C(C)(C)OC(N)=O. The summed E-state index contributed by atoms with van der Waals surface area (Å²) in [6.07, 6.45) is 1.27. The maximum Gasteiger partial charge on any atom is 0.405 e. The number of benzene rings is 1. The molecule has 0 fully saturated rings. The zero-order valence-electron chi connectivity index (χ0n) is 16.0. The van der Waals surface area contributed by atoms with Crippen molar-refractivity contribution in [3.63, 3.8) is 0 Å². The zero-order chi connectivity index (χ0) is 20.0. The van der Waals surface area contributed by atoms with Crippen molar-refractivity contribution >= 4 is 11.9 Å². The molecule has 1 atom stereocenters. The number of nitrogens with two attached hydrogens (primary N) is 1. The van der Waals surface area contributed by atoms with E-state index in [0.29, 0.717) is 24.4 Å². The van der Waals surface area contributed by atoms with Crippen molar-refractivity contribution in [2.45, 2.75) is 52.1 Å². The highest BCUT2D eigenvalue weighted by atomic mass is 19.1. The van der Waals surface area contributed by atoms with Gasteiger partial charge in [-0.15, -0.1) is 0 Å². The van der Waals surface area contributed by atoms with E-state index >= 15 is 0 Å².